The lowest BCUT2D eigenvalue weighted by atomic mass is 10.3. The molecule has 25 heavy (non-hydrogen) atoms. The van der Waals surface area contributed by atoms with Crippen molar-refractivity contribution in [3.63, 3.8) is 0 Å². The summed E-state index contributed by atoms with van der Waals surface area (Å²) in [7, 11) is 1.59. The number of anilines is 2. The van der Waals surface area contributed by atoms with Crippen molar-refractivity contribution >= 4 is 39.5 Å². The molecule has 4 aromatic rings. The van der Waals surface area contributed by atoms with E-state index < -0.39 is 0 Å². The van der Waals surface area contributed by atoms with Gasteiger partial charge in [-0.3, -0.25) is 4.40 Å². The van der Waals surface area contributed by atoms with Crippen molar-refractivity contribution in [1.82, 2.24) is 19.4 Å². The molecule has 0 aliphatic heterocycles. The lowest BCUT2D eigenvalue weighted by molar-refractivity contribution is 0.415. The molecule has 0 amide bonds. The van der Waals surface area contributed by atoms with Crippen LogP contribution in [-0.2, 0) is 0 Å². The second-order valence-corrected chi connectivity index (χ2v) is 6.61. The Bertz CT molecular complexity index is 1060. The Labute approximate surface area is 153 Å². The van der Waals surface area contributed by atoms with Crippen LogP contribution in [0.4, 0.5) is 10.8 Å². The maximum Gasteiger partial charge on any atom is 0.234 e. The van der Waals surface area contributed by atoms with E-state index >= 15 is 0 Å². The number of rotatable bonds is 4. The van der Waals surface area contributed by atoms with Gasteiger partial charge in [0, 0.05) is 23.5 Å². The van der Waals surface area contributed by atoms with Crippen molar-refractivity contribution in [1.29, 1.82) is 0 Å². The molecule has 0 spiro atoms. The average molecular weight is 372 g/mol. The maximum absolute atomic E-state index is 6.17. The first-order valence-corrected chi connectivity index (χ1v) is 8.77. The molecule has 0 aliphatic carbocycles. The van der Waals surface area contributed by atoms with Crippen LogP contribution in [0.25, 0.3) is 17.2 Å². The SMILES string of the molecule is COc1ccc(Nc2nc(-c3c(C)nc4ncccn34)cs2)cc1Cl. The quantitative estimate of drug-likeness (QED) is 0.569. The lowest BCUT2D eigenvalue weighted by Crippen LogP contribution is -1.93. The minimum atomic E-state index is 0.549. The molecule has 0 unspecified atom stereocenters. The molecule has 8 heteroatoms. The number of thiazole rings is 1. The molecule has 0 atom stereocenters. The number of methoxy groups -OCH3 is 1. The molecule has 0 fully saturated rings. The number of nitrogens with zero attached hydrogens (tertiary/aromatic N) is 4. The van der Waals surface area contributed by atoms with E-state index in [0.29, 0.717) is 16.5 Å². The van der Waals surface area contributed by atoms with Crippen LogP contribution in [0.3, 0.4) is 0 Å². The topological polar surface area (TPSA) is 64.3 Å². The molecule has 3 aromatic heterocycles. The van der Waals surface area contributed by atoms with Crippen LogP contribution >= 0.6 is 22.9 Å². The monoisotopic (exact) mass is 371 g/mol. The highest BCUT2D eigenvalue weighted by Crippen LogP contribution is 2.32. The van der Waals surface area contributed by atoms with Crippen molar-refractivity contribution in [2.45, 2.75) is 6.92 Å². The van der Waals surface area contributed by atoms with E-state index in [1.54, 1.807) is 13.3 Å². The molecule has 0 radical (unpaired) electrons. The molecule has 126 valence electrons. The number of hydrogen-bond acceptors (Lipinski definition) is 6. The number of imidazole rings is 1. The van der Waals surface area contributed by atoms with Gasteiger partial charge in [-0.2, -0.15) is 0 Å². The molecule has 4 rings (SSSR count). The Kier molecular flexibility index (Phi) is 4.03. The molecule has 6 nitrogen and oxygen atoms in total. The fourth-order valence-electron chi connectivity index (χ4n) is 2.61. The first kappa shape index (κ1) is 15.9. The van der Waals surface area contributed by atoms with E-state index in [1.807, 2.05) is 47.2 Å². The number of aromatic nitrogens is 4. The van der Waals surface area contributed by atoms with Gasteiger partial charge >= 0.3 is 0 Å². The van der Waals surface area contributed by atoms with Crippen LogP contribution in [0, 0.1) is 6.92 Å². The zero-order valence-corrected chi connectivity index (χ0v) is 15.1. The Morgan fingerprint density at radius 3 is 2.96 bits per heavy atom. The van der Waals surface area contributed by atoms with Crippen molar-refractivity contribution in [2.75, 3.05) is 12.4 Å². The zero-order chi connectivity index (χ0) is 17.4. The minimum absolute atomic E-state index is 0.549. The van der Waals surface area contributed by atoms with Crippen LogP contribution in [0.2, 0.25) is 5.02 Å². The minimum Gasteiger partial charge on any atom is -0.495 e. The average Bonchev–Trinajstić information content (AvgIpc) is 3.18. The summed E-state index contributed by atoms with van der Waals surface area (Å²) in [5.41, 5.74) is 3.54. The number of aryl methyl sites for hydroxylation is 1. The summed E-state index contributed by atoms with van der Waals surface area (Å²) in [6.45, 7) is 1.96. The van der Waals surface area contributed by atoms with E-state index in [0.717, 1.165) is 27.9 Å². The van der Waals surface area contributed by atoms with E-state index in [2.05, 4.69) is 20.3 Å². The van der Waals surface area contributed by atoms with Gasteiger partial charge in [0.15, 0.2) is 5.13 Å². The third kappa shape index (κ3) is 2.92. The number of hydrogen-bond donors (Lipinski definition) is 1. The first-order valence-electron chi connectivity index (χ1n) is 7.52. The Hall–Kier alpha value is -2.64. The molecule has 3 heterocycles. The number of halogens is 1. The van der Waals surface area contributed by atoms with Crippen LogP contribution in [0.1, 0.15) is 5.69 Å². The van der Waals surface area contributed by atoms with E-state index in [1.165, 1.54) is 11.3 Å². The van der Waals surface area contributed by atoms with E-state index in [4.69, 9.17) is 16.3 Å². The summed E-state index contributed by atoms with van der Waals surface area (Å²) in [5.74, 6) is 1.31. The van der Waals surface area contributed by atoms with Gasteiger partial charge in [-0.25, -0.2) is 15.0 Å². The third-order valence-electron chi connectivity index (χ3n) is 3.73. The van der Waals surface area contributed by atoms with Gasteiger partial charge in [0.05, 0.1) is 23.5 Å². The first-order chi connectivity index (χ1) is 12.2. The summed E-state index contributed by atoms with van der Waals surface area (Å²) >= 11 is 7.69. The van der Waals surface area contributed by atoms with E-state index in [-0.39, 0.29) is 0 Å². The number of ether oxygens (including phenoxy) is 1. The Morgan fingerprint density at radius 2 is 2.16 bits per heavy atom. The number of nitrogens with one attached hydrogen (secondary N) is 1. The van der Waals surface area contributed by atoms with Crippen molar-refractivity contribution in [3.05, 3.63) is 52.8 Å². The van der Waals surface area contributed by atoms with E-state index in [9.17, 15) is 0 Å². The molecular formula is C17H14ClN5OS. The summed E-state index contributed by atoms with van der Waals surface area (Å²) in [6.07, 6.45) is 3.67. The normalized spacial score (nSPS) is 11.0. The van der Waals surface area contributed by atoms with Gasteiger partial charge in [-0.1, -0.05) is 11.6 Å². The predicted octanol–water partition coefficient (Wildman–Crippen LogP) is 4.57. The largest absolute Gasteiger partial charge is 0.495 e. The lowest BCUT2D eigenvalue weighted by Gasteiger charge is -2.06. The van der Waals surface area contributed by atoms with Gasteiger partial charge < -0.3 is 10.1 Å². The standard InChI is InChI=1S/C17H14ClN5OS/c1-10-15(23-7-3-6-19-16(23)20-10)13-9-25-17(22-13)21-11-4-5-14(24-2)12(18)8-11/h3-9H,1-2H3,(H,21,22). The summed E-state index contributed by atoms with van der Waals surface area (Å²) in [5, 5.41) is 6.59. The van der Waals surface area contributed by atoms with Gasteiger partial charge in [0.1, 0.15) is 11.4 Å². The zero-order valence-electron chi connectivity index (χ0n) is 13.5. The van der Waals surface area contributed by atoms with Crippen molar-refractivity contribution in [2.24, 2.45) is 0 Å². The molecule has 1 N–H and O–H groups in total. The van der Waals surface area contributed by atoms with Gasteiger partial charge in [0.2, 0.25) is 5.78 Å². The second-order valence-electron chi connectivity index (χ2n) is 5.35. The smallest absolute Gasteiger partial charge is 0.234 e. The third-order valence-corrected chi connectivity index (χ3v) is 4.78. The summed E-state index contributed by atoms with van der Waals surface area (Å²) in [6, 6.07) is 7.40. The highest BCUT2D eigenvalue weighted by atomic mass is 35.5. The van der Waals surface area contributed by atoms with Gasteiger partial charge in [-0.05, 0) is 31.2 Å². The van der Waals surface area contributed by atoms with Crippen LogP contribution < -0.4 is 10.1 Å². The fourth-order valence-corrected chi connectivity index (χ4v) is 3.59. The van der Waals surface area contributed by atoms with Crippen LogP contribution in [0.5, 0.6) is 5.75 Å². The van der Waals surface area contributed by atoms with Crippen molar-refractivity contribution in [3.8, 4) is 17.1 Å². The van der Waals surface area contributed by atoms with Crippen LogP contribution in [-0.4, -0.2) is 26.5 Å². The molecule has 0 aliphatic rings. The molecule has 0 saturated heterocycles. The molecular weight excluding hydrogens is 358 g/mol. The molecule has 0 bridgehead atoms. The van der Waals surface area contributed by atoms with Crippen molar-refractivity contribution < 1.29 is 4.74 Å². The fraction of sp³-hybridized carbons (Fsp3) is 0.118. The summed E-state index contributed by atoms with van der Waals surface area (Å²) in [4.78, 5) is 13.4. The summed E-state index contributed by atoms with van der Waals surface area (Å²) < 4.78 is 7.11. The highest BCUT2D eigenvalue weighted by molar-refractivity contribution is 7.14. The van der Waals surface area contributed by atoms with Gasteiger partial charge in [-0.15, -0.1) is 11.3 Å². The Morgan fingerprint density at radius 1 is 1.28 bits per heavy atom. The second kappa shape index (κ2) is 6.34. The highest BCUT2D eigenvalue weighted by Gasteiger charge is 2.14. The molecule has 0 saturated carbocycles. The van der Waals surface area contributed by atoms with Crippen LogP contribution in [0.15, 0.2) is 42.0 Å². The Balaban J connectivity index is 1.66. The predicted molar refractivity (Wildman–Crippen MR) is 100 cm³/mol. The maximum atomic E-state index is 6.17. The molecule has 1 aromatic carbocycles. The number of benzene rings is 1. The van der Waals surface area contributed by atoms with Gasteiger partial charge in [0.25, 0.3) is 0 Å². The number of fused-ring (bicyclic) bond motifs is 1.